The Morgan fingerprint density at radius 3 is 2.44 bits per heavy atom. The SMILES string of the molecule is Cc1ccccc1NC1COC(C)(C)OC1. The van der Waals surface area contributed by atoms with E-state index in [2.05, 4.69) is 24.4 Å². The molecule has 0 saturated carbocycles. The van der Waals surface area contributed by atoms with Crippen molar-refractivity contribution in [2.75, 3.05) is 18.5 Å². The fraction of sp³-hybridized carbons (Fsp3) is 0.538. The molecule has 3 nitrogen and oxygen atoms in total. The molecule has 0 unspecified atom stereocenters. The standard InChI is InChI=1S/C13H19NO2/c1-10-6-4-5-7-12(10)14-11-8-15-13(2,3)16-9-11/h4-7,11,14H,8-9H2,1-3H3. The Morgan fingerprint density at radius 1 is 1.19 bits per heavy atom. The Kier molecular flexibility index (Phi) is 3.17. The van der Waals surface area contributed by atoms with Gasteiger partial charge in [-0.3, -0.25) is 0 Å². The van der Waals surface area contributed by atoms with Crippen molar-refractivity contribution < 1.29 is 9.47 Å². The second kappa shape index (κ2) is 4.44. The van der Waals surface area contributed by atoms with Crippen LogP contribution in [0.25, 0.3) is 0 Å². The molecule has 1 saturated heterocycles. The number of anilines is 1. The Morgan fingerprint density at radius 2 is 1.81 bits per heavy atom. The minimum atomic E-state index is -0.441. The summed E-state index contributed by atoms with van der Waals surface area (Å²) >= 11 is 0. The number of para-hydroxylation sites is 1. The van der Waals surface area contributed by atoms with Crippen LogP contribution in [0.4, 0.5) is 5.69 Å². The predicted octanol–water partition coefficient (Wildman–Crippen LogP) is 2.56. The van der Waals surface area contributed by atoms with Crippen LogP contribution in [0.3, 0.4) is 0 Å². The molecular formula is C13H19NO2. The van der Waals surface area contributed by atoms with E-state index in [-0.39, 0.29) is 6.04 Å². The van der Waals surface area contributed by atoms with Crippen molar-refractivity contribution in [3.05, 3.63) is 29.8 Å². The van der Waals surface area contributed by atoms with E-state index in [1.807, 2.05) is 26.0 Å². The summed E-state index contributed by atoms with van der Waals surface area (Å²) < 4.78 is 11.2. The highest BCUT2D eigenvalue weighted by atomic mass is 16.7. The minimum Gasteiger partial charge on any atom is -0.377 e. The number of aryl methyl sites for hydroxylation is 1. The summed E-state index contributed by atoms with van der Waals surface area (Å²) in [5.74, 6) is -0.441. The van der Waals surface area contributed by atoms with Gasteiger partial charge in [-0.15, -0.1) is 0 Å². The van der Waals surface area contributed by atoms with Gasteiger partial charge in [-0.25, -0.2) is 0 Å². The number of hydrogen-bond donors (Lipinski definition) is 1. The summed E-state index contributed by atoms with van der Waals surface area (Å²) in [5.41, 5.74) is 2.40. The van der Waals surface area contributed by atoms with Crippen LogP contribution in [0.15, 0.2) is 24.3 Å². The zero-order valence-electron chi connectivity index (χ0n) is 10.1. The first-order valence-corrected chi connectivity index (χ1v) is 5.67. The lowest BCUT2D eigenvalue weighted by atomic mass is 10.1. The van der Waals surface area contributed by atoms with Crippen LogP contribution in [-0.2, 0) is 9.47 Å². The number of rotatable bonds is 2. The summed E-state index contributed by atoms with van der Waals surface area (Å²) in [6.07, 6.45) is 0. The van der Waals surface area contributed by atoms with Crippen molar-refractivity contribution in [1.29, 1.82) is 0 Å². The van der Waals surface area contributed by atoms with E-state index >= 15 is 0 Å². The first kappa shape index (κ1) is 11.4. The molecule has 16 heavy (non-hydrogen) atoms. The van der Waals surface area contributed by atoms with Crippen LogP contribution >= 0.6 is 0 Å². The van der Waals surface area contributed by atoms with Gasteiger partial charge in [0, 0.05) is 5.69 Å². The molecule has 88 valence electrons. The van der Waals surface area contributed by atoms with Crippen LogP contribution in [-0.4, -0.2) is 25.0 Å². The Labute approximate surface area is 96.8 Å². The van der Waals surface area contributed by atoms with Crippen LogP contribution in [0.5, 0.6) is 0 Å². The largest absolute Gasteiger partial charge is 0.377 e. The lowest BCUT2D eigenvalue weighted by molar-refractivity contribution is -0.247. The highest BCUT2D eigenvalue weighted by molar-refractivity contribution is 5.51. The lowest BCUT2D eigenvalue weighted by Gasteiger charge is -2.35. The Bertz CT molecular complexity index is 353. The molecule has 1 heterocycles. The summed E-state index contributed by atoms with van der Waals surface area (Å²) in [5, 5.41) is 3.44. The maximum Gasteiger partial charge on any atom is 0.162 e. The fourth-order valence-corrected chi connectivity index (χ4v) is 1.73. The van der Waals surface area contributed by atoms with E-state index in [0.29, 0.717) is 13.2 Å². The molecule has 0 aliphatic carbocycles. The molecule has 1 aliphatic heterocycles. The first-order chi connectivity index (χ1) is 7.57. The van der Waals surface area contributed by atoms with Gasteiger partial charge in [-0.2, -0.15) is 0 Å². The quantitative estimate of drug-likeness (QED) is 0.832. The zero-order chi connectivity index (χ0) is 11.6. The van der Waals surface area contributed by atoms with Crippen molar-refractivity contribution >= 4 is 5.69 Å². The third-order valence-corrected chi connectivity index (χ3v) is 2.77. The predicted molar refractivity (Wildman–Crippen MR) is 64.6 cm³/mol. The summed E-state index contributed by atoms with van der Waals surface area (Å²) in [4.78, 5) is 0. The molecule has 0 atom stereocenters. The van der Waals surface area contributed by atoms with Crippen LogP contribution in [0.2, 0.25) is 0 Å². The summed E-state index contributed by atoms with van der Waals surface area (Å²) in [6.45, 7) is 7.34. The molecule has 0 aromatic heterocycles. The van der Waals surface area contributed by atoms with Crippen molar-refractivity contribution in [2.24, 2.45) is 0 Å². The summed E-state index contributed by atoms with van der Waals surface area (Å²) in [7, 11) is 0. The van der Waals surface area contributed by atoms with Crippen LogP contribution < -0.4 is 5.32 Å². The van der Waals surface area contributed by atoms with Crippen molar-refractivity contribution in [2.45, 2.75) is 32.6 Å². The van der Waals surface area contributed by atoms with Crippen molar-refractivity contribution in [3.63, 3.8) is 0 Å². The summed E-state index contributed by atoms with van der Waals surface area (Å²) in [6, 6.07) is 8.47. The van der Waals surface area contributed by atoms with E-state index in [4.69, 9.17) is 9.47 Å². The maximum absolute atomic E-state index is 5.61. The van der Waals surface area contributed by atoms with Gasteiger partial charge < -0.3 is 14.8 Å². The van der Waals surface area contributed by atoms with Gasteiger partial charge in [-0.05, 0) is 32.4 Å². The second-order valence-corrected chi connectivity index (χ2v) is 4.68. The molecular weight excluding hydrogens is 202 g/mol. The molecule has 0 radical (unpaired) electrons. The molecule has 1 aliphatic rings. The van der Waals surface area contributed by atoms with Crippen molar-refractivity contribution in [3.8, 4) is 0 Å². The second-order valence-electron chi connectivity index (χ2n) is 4.68. The Hall–Kier alpha value is -1.06. The average Bonchev–Trinajstić information content (AvgIpc) is 2.24. The Balaban J connectivity index is 1.95. The molecule has 3 heteroatoms. The first-order valence-electron chi connectivity index (χ1n) is 5.67. The molecule has 1 fully saturated rings. The van der Waals surface area contributed by atoms with E-state index in [1.165, 1.54) is 5.56 Å². The van der Waals surface area contributed by atoms with Crippen molar-refractivity contribution in [1.82, 2.24) is 0 Å². The molecule has 0 amide bonds. The molecule has 1 aromatic carbocycles. The van der Waals surface area contributed by atoms with Gasteiger partial charge in [0.15, 0.2) is 5.79 Å². The third-order valence-electron chi connectivity index (χ3n) is 2.77. The molecule has 1 aromatic rings. The van der Waals surface area contributed by atoms with Crippen LogP contribution in [0, 0.1) is 6.92 Å². The van der Waals surface area contributed by atoms with Crippen LogP contribution in [0.1, 0.15) is 19.4 Å². The van der Waals surface area contributed by atoms with E-state index in [0.717, 1.165) is 5.69 Å². The van der Waals surface area contributed by atoms with Gasteiger partial charge in [0.05, 0.1) is 19.3 Å². The highest BCUT2D eigenvalue weighted by Crippen LogP contribution is 2.21. The topological polar surface area (TPSA) is 30.5 Å². The number of nitrogens with one attached hydrogen (secondary N) is 1. The smallest absolute Gasteiger partial charge is 0.162 e. The average molecular weight is 221 g/mol. The van der Waals surface area contributed by atoms with Gasteiger partial charge in [0.1, 0.15) is 0 Å². The monoisotopic (exact) mass is 221 g/mol. The fourth-order valence-electron chi connectivity index (χ4n) is 1.73. The van der Waals surface area contributed by atoms with Gasteiger partial charge in [0.25, 0.3) is 0 Å². The lowest BCUT2D eigenvalue weighted by Crippen LogP contribution is -2.45. The molecule has 1 N–H and O–H groups in total. The maximum atomic E-state index is 5.61. The highest BCUT2D eigenvalue weighted by Gasteiger charge is 2.28. The number of benzene rings is 1. The number of hydrogen-bond acceptors (Lipinski definition) is 3. The van der Waals surface area contributed by atoms with Gasteiger partial charge in [0.2, 0.25) is 0 Å². The number of ether oxygens (including phenoxy) is 2. The van der Waals surface area contributed by atoms with E-state index < -0.39 is 5.79 Å². The third kappa shape index (κ3) is 2.74. The minimum absolute atomic E-state index is 0.231. The normalized spacial score (nSPS) is 20.7. The van der Waals surface area contributed by atoms with Gasteiger partial charge >= 0.3 is 0 Å². The molecule has 0 spiro atoms. The van der Waals surface area contributed by atoms with E-state index in [1.54, 1.807) is 0 Å². The molecule has 2 rings (SSSR count). The molecule has 0 bridgehead atoms. The van der Waals surface area contributed by atoms with E-state index in [9.17, 15) is 0 Å². The zero-order valence-corrected chi connectivity index (χ0v) is 10.1. The van der Waals surface area contributed by atoms with Gasteiger partial charge in [-0.1, -0.05) is 18.2 Å².